The summed E-state index contributed by atoms with van der Waals surface area (Å²) in [5.74, 6) is 0.790. The molecule has 19 heavy (non-hydrogen) atoms. The average molecular weight is 262 g/mol. The summed E-state index contributed by atoms with van der Waals surface area (Å²) in [6.07, 6.45) is 1.58. The third-order valence-electron chi connectivity index (χ3n) is 3.78. The lowest BCUT2D eigenvalue weighted by atomic mass is 9.84. The molecule has 1 aromatic carbocycles. The SMILES string of the molecule is COc1cccc(C(C)(C)CNC(=O)C2(N)CC2)c1. The summed E-state index contributed by atoms with van der Waals surface area (Å²) in [6.45, 7) is 4.76. The van der Waals surface area contributed by atoms with Crippen LogP contribution >= 0.6 is 0 Å². The number of hydrogen-bond acceptors (Lipinski definition) is 3. The first kappa shape index (κ1) is 13.9. The van der Waals surface area contributed by atoms with Crippen molar-refractivity contribution in [3.8, 4) is 5.75 Å². The van der Waals surface area contributed by atoms with Crippen LogP contribution in [0.15, 0.2) is 24.3 Å². The van der Waals surface area contributed by atoms with Crippen LogP contribution in [0.2, 0.25) is 0 Å². The third-order valence-corrected chi connectivity index (χ3v) is 3.78. The second-order valence-electron chi connectivity index (χ2n) is 5.95. The van der Waals surface area contributed by atoms with Crippen molar-refractivity contribution in [1.29, 1.82) is 0 Å². The summed E-state index contributed by atoms with van der Waals surface area (Å²) >= 11 is 0. The number of nitrogens with two attached hydrogens (primary N) is 1. The summed E-state index contributed by atoms with van der Waals surface area (Å²) in [7, 11) is 1.65. The van der Waals surface area contributed by atoms with Crippen molar-refractivity contribution in [3.05, 3.63) is 29.8 Å². The zero-order chi connectivity index (χ0) is 14.1. The van der Waals surface area contributed by atoms with Crippen LogP contribution in [-0.2, 0) is 10.2 Å². The Labute approximate surface area is 114 Å². The number of carbonyl (C=O) groups is 1. The lowest BCUT2D eigenvalue weighted by Crippen LogP contribution is -2.46. The molecule has 1 aliphatic carbocycles. The highest BCUT2D eigenvalue weighted by Crippen LogP contribution is 2.32. The molecule has 2 rings (SSSR count). The van der Waals surface area contributed by atoms with Crippen molar-refractivity contribution < 1.29 is 9.53 Å². The molecule has 0 aromatic heterocycles. The highest BCUT2D eigenvalue weighted by Gasteiger charge is 2.46. The van der Waals surface area contributed by atoms with E-state index in [1.54, 1.807) is 7.11 Å². The fourth-order valence-electron chi connectivity index (χ4n) is 1.99. The predicted octanol–water partition coefficient (Wildman–Crippen LogP) is 1.58. The van der Waals surface area contributed by atoms with E-state index in [0.717, 1.165) is 24.2 Å². The largest absolute Gasteiger partial charge is 0.497 e. The maximum Gasteiger partial charge on any atom is 0.240 e. The second kappa shape index (κ2) is 4.85. The summed E-state index contributed by atoms with van der Waals surface area (Å²) < 4.78 is 5.23. The zero-order valence-corrected chi connectivity index (χ0v) is 11.8. The Morgan fingerprint density at radius 3 is 2.74 bits per heavy atom. The molecule has 1 aliphatic rings. The Hall–Kier alpha value is -1.55. The van der Waals surface area contributed by atoms with Crippen LogP contribution in [0.1, 0.15) is 32.3 Å². The molecule has 1 fully saturated rings. The zero-order valence-electron chi connectivity index (χ0n) is 11.8. The molecule has 0 radical (unpaired) electrons. The molecule has 1 amide bonds. The van der Waals surface area contributed by atoms with Gasteiger partial charge in [-0.05, 0) is 30.5 Å². The number of methoxy groups -OCH3 is 1. The minimum absolute atomic E-state index is 0.0385. The van der Waals surface area contributed by atoms with Crippen molar-refractivity contribution in [3.63, 3.8) is 0 Å². The number of benzene rings is 1. The van der Waals surface area contributed by atoms with Gasteiger partial charge in [0.1, 0.15) is 5.75 Å². The van der Waals surface area contributed by atoms with Crippen LogP contribution in [0.3, 0.4) is 0 Å². The Morgan fingerprint density at radius 1 is 1.47 bits per heavy atom. The van der Waals surface area contributed by atoms with Crippen LogP contribution in [0.5, 0.6) is 5.75 Å². The quantitative estimate of drug-likeness (QED) is 0.846. The Balaban J connectivity index is 2.02. The summed E-state index contributed by atoms with van der Waals surface area (Å²) in [5.41, 5.74) is 6.24. The first-order valence-electron chi connectivity index (χ1n) is 6.59. The van der Waals surface area contributed by atoms with Crippen LogP contribution < -0.4 is 15.8 Å². The highest BCUT2D eigenvalue weighted by atomic mass is 16.5. The summed E-state index contributed by atoms with van der Waals surface area (Å²) in [5, 5.41) is 2.96. The van der Waals surface area contributed by atoms with E-state index in [-0.39, 0.29) is 11.3 Å². The van der Waals surface area contributed by atoms with Gasteiger partial charge in [0.25, 0.3) is 0 Å². The monoisotopic (exact) mass is 262 g/mol. The maximum absolute atomic E-state index is 11.9. The number of rotatable bonds is 5. The van der Waals surface area contributed by atoms with E-state index in [0.29, 0.717) is 6.54 Å². The van der Waals surface area contributed by atoms with Crippen LogP contribution in [0.4, 0.5) is 0 Å². The van der Waals surface area contributed by atoms with Gasteiger partial charge in [-0.25, -0.2) is 0 Å². The average Bonchev–Trinajstić information content (AvgIpc) is 3.15. The first-order valence-corrected chi connectivity index (χ1v) is 6.59. The minimum Gasteiger partial charge on any atom is -0.497 e. The van der Waals surface area contributed by atoms with E-state index >= 15 is 0 Å². The normalized spacial score (nSPS) is 16.8. The molecule has 1 aromatic rings. The van der Waals surface area contributed by atoms with Crippen LogP contribution in [-0.4, -0.2) is 25.1 Å². The van der Waals surface area contributed by atoms with Crippen molar-refractivity contribution in [1.82, 2.24) is 5.32 Å². The van der Waals surface area contributed by atoms with Gasteiger partial charge >= 0.3 is 0 Å². The molecule has 0 atom stereocenters. The van der Waals surface area contributed by atoms with E-state index in [1.165, 1.54) is 0 Å². The predicted molar refractivity (Wildman–Crippen MR) is 75.2 cm³/mol. The first-order chi connectivity index (χ1) is 8.87. The van der Waals surface area contributed by atoms with Gasteiger partial charge in [-0.15, -0.1) is 0 Å². The lowest BCUT2D eigenvalue weighted by molar-refractivity contribution is -0.123. The number of nitrogens with one attached hydrogen (secondary N) is 1. The molecule has 0 aliphatic heterocycles. The molecule has 0 bridgehead atoms. The highest BCUT2D eigenvalue weighted by molar-refractivity contribution is 5.89. The van der Waals surface area contributed by atoms with Gasteiger partial charge in [-0.2, -0.15) is 0 Å². The van der Waals surface area contributed by atoms with Gasteiger partial charge < -0.3 is 15.8 Å². The van der Waals surface area contributed by atoms with Gasteiger partial charge in [0.05, 0.1) is 12.6 Å². The van der Waals surface area contributed by atoms with Gasteiger partial charge in [0.2, 0.25) is 5.91 Å². The second-order valence-corrected chi connectivity index (χ2v) is 5.95. The van der Waals surface area contributed by atoms with Gasteiger partial charge in [-0.1, -0.05) is 26.0 Å². The Kier molecular flexibility index (Phi) is 3.54. The number of amides is 1. The Bertz CT molecular complexity index is 479. The van der Waals surface area contributed by atoms with Crippen molar-refractivity contribution in [2.75, 3.05) is 13.7 Å². The van der Waals surface area contributed by atoms with Crippen LogP contribution in [0, 0.1) is 0 Å². The van der Waals surface area contributed by atoms with Gasteiger partial charge in [-0.3, -0.25) is 4.79 Å². The molecule has 0 unspecified atom stereocenters. The molecule has 1 saturated carbocycles. The smallest absolute Gasteiger partial charge is 0.240 e. The van der Waals surface area contributed by atoms with Gasteiger partial charge in [0, 0.05) is 12.0 Å². The molecular weight excluding hydrogens is 240 g/mol. The standard InChI is InChI=1S/C15H22N2O2/c1-14(2,10-17-13(18)15(16)7-8-15)11-5-4-6-12(9-11)19-3/h4-6,9H,7-8,10,16H2,1-3H3,(H,17,18). The fraction of sp³-hybridized carbons (Fsp3) is 0.533. The number of ether oxygens (including phenoxy) is 1. The fourth-order valence-corrected chi connectivity index (χ4v) is 1.99. The lowest BCUT2D eigenvalue weighted by Gasteiger charge is -2.26. The number of hydrogen-bond donors (Lipinski definition) is 2. The summed E-state index contributed by atoms with van der Waals surface area (Å²) in [6, 6.07) is 7.92. The molecule has 104 valence electrons. The molecule has 0 saturated heterocycles. The van der Waals surface area contributed by atoms with E-state index in [9.17, 15) is 4.79 Å². The Morgan fingerprint density at radius 2 is 2.16 bits per heavy atom. The topological polar surface area (TPSA) is 64.3 Å². The molecular formula is C15H22N2O2. The molecule has 0 spiro atoms. The van der Waals surface area contributed by atoms with Crippen LogP contribution in [0.25, 0.3) is 0 Å². The van der Waals surface area contributed by atoms with Crippen molar-refractivity contribution >= 4 is 5.91 Å². The molecule has 4 nitrogen and oxygen atoms in total. The molecule has 4 heteroatoms. The van der Waals surface area contributed by atoms with E-state index in [4.69, 9.17) is 10.5 Å². The summed E-state index contributed by atoms with van der Waals surface area (Å²) in [4.78, 5) is 11.9. The van der Waals surface area contributed by atoms with Gasteiger partial charge in [0.15, 0.2) is 0 Å². The van der Waals surface area contributed by atoms with E-state index in [2.05, 4.69) is 19.2 Å². The molecule has 3 N–H and O–H groups in total. The van der Waals surface area contributed by atoms with E-state index < -0.39 is 5.54 Å². The third kappa shape index (κ3) is 3.07. The van der Waals surface area contributed by atoms with Crippen molar-refractivity contribution in [2.45, 2.75) is 37.6 Å². The van der Waals surface area contributed by atoms with Crippen molar-refractivity contribution in [2.24, 2.45) is 5.73 Å². The maximum atomic E-state index is 11.9. The molecule has 0 heterocycles. The minimum atomic E-state index is -0.607. The number of carbonyl (C=O) groups excluding carboxylic acids is 1. The van der Waals surface area contributed by atoms with E-state index in [1.807, 2.05) is 24.3 Å².